The molecule has 1 aromatic heterocycles. The van der Waals surface area contributed by atoms with Crippen LogP contribution in [-0.2, 0) is 0 Å². The summed E-state index contributed by atoms with van der Waals surface area (Å²) < 4.78 is 0. The molecule has 2 N–H and O–H groups in total. The molecule has 2 rings (SSSR count). The van der Waals surface area contributed by atoms with Gasteiger partial charge in [0.15, 0.2) is 0 Å². The highest BCUT2D eigenvalue weighted by atomic mass is 16.1. The van der Waals surface area contributed by atoms with E-state index in [-0.39, 0.29) is 5.91 Å². The summed E-state index contributed by atoms with van der Waals surface area (Å²) in [4.78, 5) is 11.7. The summed E-state index contributed by atoms with van der Waals surface area (Å²) in [6.07, 6.45) is 3.19. The van der Waals surface area contributed by atoms with Crippen LogP contribution in [0.25, 0.3) is 0 Å². The van der Waals surface area contributed by atoms with Gasteiger partial charge in [-0.25, -0.2) is 0 Å². The topological polar surface area (TPSA) is 57.8 Å². The van der Waals surface area contributed by atoms with Crippen LogP contribution in [-0.4, -0.2) is 16.1 Å². The first kappa shape index (κ1) is 9.45. The Morgan fingerprint density at radius 2 is 2.07 bits per heavy atom. The normalized spacial score (nSPS) is 9.93. The minimum absolute atomic E-state index is 0.128. The Balaban J connectivity index is 2.11. The van der Waals surface area contributed by atoms with Gasteiger partial charge in [0, 0.05) is 11.8 Å². The Kier molecular flexibility index (Phi) is 2.49. The fraction of sp³-hybridized carbons (Fsp3) is 0.0909. The molecular formula is C11H11N3O. The first-order valence-corrected chi connectivity index (χ1v) is 4.62. The molecule has 0 aliphatic carbocycles. The average Bonchev–Trinajstić information content (AvgIpc) is 2.71. The molecule has 0 saturated heterocycles. The van der Waals surface area contributed by atoms with Crippen LogP contribution in [0.15, 0.2) is 36.7 Å². The summed E-state index contributed by atoms with van der Waals surface area (Å²) in [6, 6.07) is 7.41. The third kappa shape index (κ3) is 2.22. The van der Waals surface area contributed by atoms with Crippen LogP contribution in [0.3, 0.4) is 0 Å². The van der Waals surface area contributed by atoms with E-state index in [2.05, 4.69) is 15.5 Å². The lowest BCUT2D eigenvalue weighted by Gasteiger charge is -2.02. The summed E-state index contributed by atoms with van der Waals surface area (Å²) in [7, 11) is 0. The average molecular weight is 201 g/mol. The van der Waals surface area contributed by atoms with Crippen LogP contribution in [0.2, 0.25) is 0 Å². The van der Waals surface area contributed by atoms with E-state index >= 15 is 0 Å². The van der Waals surface area contributed by atoms with Gasteiger partial charge in [0.25, 0.3) is 5.91 Å². The number of aromatic amines is 1. The molecule has 0 aliphatic rings. The summed E-state index contributed by atoms with van der Waals surface area (Å²) in [5, 5.41) is 9.10. The number of benzene rings is 1. The second kappa shape index (κ2) is 3.96. The zero-order chi connectivity index (χ0) is 10.7. The minimum Gasteiger partial charge on any atom is -0.319 e. The number of nitrogens with one attached hydrogen (secondary N) is 2. The molecule has 1 amide bonds. The van der Waals surface area contributed by atoms with Crippen LogP contribution >= 0.6 is 0 Å². The van der Waals surface area contributed by atoms with Gasteiger partial charge in [0.05, 0.1) is 11.9 Å². The van der Waals surface area contributed by atoms with Crippen molar-refractivity contribution in [1.82, 2.24) is 10.2 Å². The first-order chi connectivity index (χ1) is 7.25. The van der Waals surface area contributed by atoms with E-state index in [1.54, 1.807) is 24.5 Å². The van der Waals surface area contributed by atoms with E-state index in [0.717, 1.165) is 5.56 Å². The number of carbonyl (C=O) groups is 1. The van der Waals surface area contributed by atoms with Gasteiger partial charge in [0.1, 0.15) is 0 Å². The summed E-state index contributed by atoms with van der Waals surface area (Å²) in [5.74, 6) is -0.128. The molecule has 0 unspecified atom stereocenters. The Morgan fingerprint density at radius 3 is 2.67 bits per heavy atom. The fourth-order valence-corrected chi connectivity index (χ4v) is 1.23. The van der Waals surface area contributed by atoms with Gasteiger partial charge in [-0.3, -0.25) is 9.89 Å². The molecule has 0 radical (unpaired) electrons. The van der Waals surface area contributed by atoms with Crippen molar-refractivity contribution >= 4 is 11.6 Å². The quantitative estimate of drug-likeness (QED) is 0.780. The highest BCUT2D eigenvalue weighted by molar-refractivity contribution is 6.04. The lowest BCUT2D eigenvalue weighted by atomic mass is 10.1. The van der Waals surface area contributed by atoms with Gasteiger partial charge in [-0.15, -0.1) is 0 Å². The first-order valence-electron chi connectivity index (χ1n) is 4.62. The largest absolute Gasteiger partial charge is 0.319 e. The lowest BCUT2D eigenvalue weighted by Crippen LogP contribution is -2.11. The third-order valence-corrected chi connectivity index (χ3v) is 2.07. The number of rotatable bonds is 2. The molecule has 0 bridgehead atoms. The van der Waals surface area contributed by atoms with Crippen LogP contribution in [0, 0.1) is 6.92 Å². The van der Waals surface area contributed by atoms with Crippen LogP contribution in [0.1, 0.15) is 15.9 Å². The summed E-state index contributed by atoms with van der Waals surface area (Å²) in [6.45, 7) is 1.98. The molecule has 0 atom stereocenters. The molecule has 0 saturated carbocycles. The van der Waals surface area contributed by atoms with E-state index in [1.165, 1.54) is 0 Å². The van der Waals surface area contributed by atoms with Crippen LogP contribution in [0.5, 0.6) is 0 Å². The molecular weight excluding hydrogens is 190 g/mol. The number of nitrogens with zero attached hydrogens (tertiary/aromatic N) is 1. The second-order valence-corrected chi connectivity index (χ2v) is 3.31. The van der Waals surface area contributed by atoms with Crippen molar-refractivity contribution < 1.29 is 4.79 Å². The van der Waals surface area contributed by atoms with Gasteiger partial charge in [-0.2, -0.15) is 5.10 Å². The molecule has 0 spiro atoms. The van der Waals surface area contributed by atoms with Crippen molar-refractivity contribution in [3.8, 4) is 0 Å². The van der Waals surface area contributed by atoms with Crippen molar-refractivity contribution in [3.63, 3.8) is 0 Å². The highest BCUT2D eigenvalue weighted by Gasteiger charge is 2.05. The number of carbonyl (C=O) groups excluding carboxylic acids is 1. The molecule has 0 fully saturated rings. The van der Waals surface area contributed by atoms with E-state index < -0.39 is 0 Å². The molecule has 4 nitrogen and oxygen atoms in total. The summed E-state index contributed by atoms with van der Waals surface area (Å²) in [5.41, 5.74) is 2.44. The third-order valence-electron chi connectivity index (χ3n) is 2.07. The maximum absolute atomic E-state index is 11.7. The smallest absolute Gasteiger partial charge is 0.255 e. The maximum Gasteiger partial charge on any atom is 0.255 e. The van der Waals surface area contributed by atoms with Crippen molar-refractivity contribution in [2.24, 2.45) is 0 Å². The number of aromatic nitrogens is 2. The number of amides is 1. The maximum atomic E-state index is 11.7. The van der Waals surface area contributed by atoms with Crippen molar-refractivity contribution in [1.29, 1.82) is 0 Å². The number of H-pyrrole nitrogens is 1. The Morgan fingerprint density at radius 1 is 1.33 bits per heavy atom. The predicted molar refractivity (Wildman–Crippen MR) is 57.7 cm³/mol. The molecule has 15 heavy (non-hydrogen) atoms. The fourth-order valence-electron chi connectivity index (χ4n) is 1.23. The zero-order valence-corrected chi connectivity index (χ0v) is 8.32. The van der Waals surface area contributed by atoms with Crippen molar-refractivity contribution in [3.05, 3.63) is 47.8 Å². The summed E-state index contributed by atoms with van der Waals surface area (Å²) >= 11 is 0. The van der Waals surface area contributed by atoms with Gasteiger partial charge >= 0.3 is 0 Å². The lowest BCUT2D eigenvalue weighted by molar-refractivity contribution is 0.102. The second-order valence-electron chi connectivity index (χ2n) is 3.31. The van der Waals surface area contributed by atoms with E-state index in [1.807, 2.05) is 19.1 Å². The Hall–Kier alpha value is -2.10. The zero-order valence-electron chi connectivity index (χ0n) is 8.32. The van der Waals surface area contributed by atoms with Gasteiger partial charge in [-0.1, -0.05) is 17.7 Å². The molecule has 2 aromatic rings. The van der Waals surface area contributed by atoms with Gasteiger partial charge in [0.2, 0.25) is 0 Å². The van der Waals surface area contributed by atoms with E-state index in [0.29, 0.717) is 11.3 Å². The molecule has 4 heteroatoms. The Bertz CT molecular complexity index is 445. The number of hydrogen-bond donors (Lipinski definition) is 2. The minimum atomic E-state index is -0.128. The monoisotopic (exact) mass is 201 g/mol. The SMILES string of the molecule is Cc1ccc(C(=O)Nc2cn[nH]c2)cc1. The van der Waals surface area contributed by atoms with Crippen LogP contribution < -0.4 is 5.32 Å². The molecule has 76 valence electrons. The number of hydrogen-bond acceptors (Lipinski definition) is 2. The Labute approximate surface area is 87.3 Å². The van der Waals surface area contributed by atoms with E-state index in [4.69, 9.17) is 0 Å². The number of aryl methyl sites for hydroxylation is 1. The predicted octanol–water partition coefficient (Wildman–Crippen LogP) is 1.97. The van der Waals surface area contributed by atoms with Crippen LogP contribution in [0.4, 0.5) is 5.69 Å². The molecule has 0 aliphatic heterocycles. The van der Waals surface area contributed by atoms with E-state index in [9.17, 15) is 4.79 Å². The van der Waals surface area contributed by atoms with Gasteiger partial charge in [-0.05, 0) is 19.1 Å². The van der Waals surface area contributed by atoms with Crippen molar-refractivity contribution in [2.45, 2.75) is 6.92 Å². The highest BCUT2D eigenvalue weighted by Crippen LogP contribution is 2.07. The standard InChI is InChI=1S/C11H11N3O/c1-8-2-4-9(5-3-8)11(15)14-10-6-12-13-7-10/h2-7H,1H3,(H,12,13)(H,14,15). The molecule has 1 heterocycles. The number of anilines is 1. The van der Waals surface area contributed by atoms with Gasteiger partial charge < -0.3 is 5.32 Å². The van der Waals surface area contributed by atoms with Crippen molar-refractivity contribution in [2.75, 3.05) is 5.32 Å². The molecule has 1 aromatic carbocycles.